The van der Waals surface area contributed by atoms with E-state index in [0.717, 1.165) is 17.9 Å². The van der Waals surface area contributed by atoms with Gasteiger partial charge >= 0.3 is 0 Å². The Labute approximate surface area is 134 Å². The number of halogens is 2. The second-order valence-corrected chi connectivity index (χ2v) is 8.49. The smallest absolute Gasteiger partial charge is 0.249 e. The average Bonchev–Trinajstić information content (AvgIpc) is 2.63. The molecule has 0 bridgehead atoms. The van der Waals surface area contributed by atoms with Crippen molar-refractivity contribution in [1.29, 1.82) is 0 Å². The first-order chi connectivity index (χ1) is 10.3. The number of hydrogen-bond donors (Lipinski definition) is 0. The minimum Gasteiger partial charge on any atom is -0.308 e. The van der Waals surface area contributed by atoms with Gasteiger partial charge in [-0.2, -0.15) is 16.1 Å². The number of sulfonamides is 1. The molecule has 1 aromatic rings. The predicted molar refractivity (Wildman–Crippen MR) is 84.5 cm³/mol. The third-order valence-corrected chi connectivity index (χ3v) is 6.65. The van der Waals surface area contributed by atoms with Crippen LogP contribution in [0.25, 0.3) is 0 Å². The lowest BCUT2D eigenvalue weighted by Gasteiger charge is -2.30. The van der Waals surface area contributed by atoms with E-state index in [1.807, 2.05) is 19.0 Å². The van der Waals surface area contributed by atoms with E-state index >= 15 is 0 Å². The first-order valence-electron chi connectivity index (χ1n) is 7.02. The Morgan fingerprint density at radius 1 is 1.32 bits per heavy atom. The highest BCUT2D eigenvalue weighted by Gasteiger charge is 2.36. The van der Waals surface area contributed by atoms with Crippen molar-refractivity contribution >= 4 is 21.8 Å². The molecule has 124 valence electrons. The molecule has 0 spiro atoms. The zero-order valence-electron chi connectivity index (χ0n) is 12.6. The van der Waals surface area contributed by atoms with Gasteiger partial charge in [0, 0.05) is 24.9 Å². The van der Waals surface area contributed by atoms with Gasteiger partial charge in [0.1, 0.15) is 11.6 Å². The van der Waals surface area contributed by atoms with Gasteiger partial charge in [-0.3, -0.25) is 0 Å². The Balaban J connectivity index is 2.44. The molecule has 4 nitrogen and oxygen atoms in total. The highest BCUT2D eigenvalue weighted by atomic mass is 32.2. The van der Waals surface area contributed by atoms with E-state index in [1.165, 1.54) is 10.4 Å². The molecule has 1 atom stereocenters. The molecule has 22 heavy (non-hydrogen) atoms. The van der Waals surface area contributed by atoms with E-state index in [9.17, 15) is 17.2 Å². The summed E-state index contributed by atoms with van der Waals surface area (Å²) < 4.78 is 54.7. The zero-order chi connectivity index (χ0) is 16.3. The molecule has 1 unspecified atom stereocenters. The van der Waals surface area contributed by atoms with Crippen LogP contribution in [0.4, 0.5) is 8.78 Å². The summed E-state index contributed by atoms with van der Waals surface area (Å²) in [4.78, 5) is 1.04. The minimum absolute atomic E-state index is 0.279. The van der Waals surface area contributed by atoms with Gasteiger partial charge in [-0.1, -0.05) is 6.07 Å². The molecule has 0 amide bonds. The first kappa shape index (κ1) is 17.7. The number of nitrogens with zero attached hydrogens (tertiary/aromatic N) is 2. The first-order valence-corrected chi connectivity index (χ1v) is 9.62. The molecule has 2 rings (SSSR count). The van der Waals surface area contributed by atoms with E-state index in [0.29, 0.717) is 18.7 Å². The van der Waals surface area contributed by atoms with Crippen molar-refractivity contribution in [3.8, 4) is 0 Å². The van der Waals surface area contributed by atoms with E-state index in [2.05, 4.69) is 0 Å². The maximum atomic E-state index is 13.9. The standard InChI is InChI=1S/C14H20F2N2O2S2/c1-17(2)9-11-10-21-8-4-7-18(11)22(19,20)14-12(15)5-3-6-13(14)16/h3,5-6,11H,4,7-10H2,1-2H3. The normalized spacial score (nSPS) is 21.0. The lowest BCUT2D eigenvalue weighted by Crippen LogP contribution is -2.47. The topological polar surface area (TPSA) is 40.6 Å². The highest BCUT2D eigenvalue weighted by Crippen LogP contribution is 2.27. The number of hydrogen-bond acceptors (Lipinski definition) is 4. The average molecular weight is 350 g/mol. The Hall–Kier alpha value is -0.700. The minimum atomic E-state index is -4.20. The molecule has 0 saturated carbocycles. The molecule has 1 saturated heterocycles. The molecule has 1 aliphatic heterocycles. The van der Waals surface area contributed by atoms with Crippen LogP contribution in [-0.2, 0) is 10.0 Å². The summed E-state index contributed by atoms with van der Waals surface area (Å²) in [5.74, 6) is -0.621. The number of thioether (sulfide) groups is 1. The van der Waals surface area contributed by atoms with E-state index in [-0.39, 0.29) is 12.6 Å². The molecular formula is C14H20F2N2O2S2. The highest BCUT2D eigenvalue weighted by molar-refractivity contribution is 7.99. The lowest BCUT2D eigenvalue weighted by molar-refractivity contribution is 0.270. The van der Waals surface area contributed by atoms with Gasteiger partial charge in [0.2, 0.25) is 10.0 Å². The summed E-state index contributed by atoms with van der Waals surface area (Å²) in [6.45, 7) is 0.796. The van der Waals surface area contributed by atoms with Gasteiger partial charge in [-0.05, 0) is 38.4 Å². The van der Waals surface area contributed by atoms with Crippen LogP contribution in [-0.4, -0.2) is 62.4 Å². The summed E-state index contributed by atoms with van der Waals surface area (Å²) in [5, 5.41) is 0. The molecule has 1 fully saturated rings. The summed E-state index contributed by atoms with van der Waals surface area (Å²) in [6.07, 6.45) is 0.671. The largest absolute Gasteiger partial charge is 0.308 e. The fraction of sp³-hybridized carbons (Fsp3) is 0.571. The molecule has 1 aromatic carbocycles. The van der Waals surface area contributed by atoms with Crippen LogP contribution in [0.15, 0.2) is 23.1 Å². The van der Waals surface area contributed by atoms with Crippen molar-refractivity contribution in [3.05, 3.63) is 29.8 Å². The van der Waals surface area contributed by atoms with Crippen molar-refractivity contribution in [3.63, 3.8) is 0 Å². The van der Waals surface area contributed by atoms with Crippen LogP contribution >= 0.6 is 11.8 Å². The van der Waals surface area contributed by atoms with Gasteiger partial charge in [-0.25, -0.2) is 17.2 Å². The molecule has 0 aromatic heterocycles. The third kappa shape index (κ3) is 3.79. The monoisotopic (exact) mass is 350 g/mol. The quantitative estimate of drug-likeness (QED) is 0.833. The van der Waals surface area contributed by atoms with Crippen LogP contribution in [0.5, 0.6) is 0 Å². The van der Waals surface area contributed by atoms with Crippen LogP contribution < -0.4 is 0 Å². The lowest BCUT2D eigenvalue weighted by atomic mass is 10.3. The Bertz CT molecular complexity index is 603. The van der Waals surface area contributed by atoms with Gasteiger partial charge in [-0.15, -0.1) is 0 Å². The van der Waals surface area contributed by atoms with Crippen LogP contribution in [0, 0.1) is 11.6 Å². The zero-order valence-corrected chi connectivity index (χ0v) is 14.3. The van der Waals surface area contributed by atoms with Crippen molar-refractivity contribution in [2.75, 3.05) is 38.7 Å². The fourth-order valence-electron chi connectivity index (χ4n) is 2.54. The van der Waals surface area contributed by atoms with E-state index in [1.54, 1.807) is 11.8 Å². The van der Waals surface area contributed by atoms with E-state index in [4.69, 9.17) is 0 Å². The van der Waals surface area contributed by atoms with Crippen LogP contribution in [0.1, 0.15) is 6.42 Å². The number of likely N-dealkylation sites (N-methyl/N-ethyl adjacent to an activating group) is 1. The summed E-state index contributed by atoms with van der Waals surface area (Å²) >= 11 is 1.67. The van der Waals surface area contributed by atoms with Crippen LogP contribution in [0.2, 0.25) is 0 Å². The van der Waals surface area contributed by atoms with Crippen molar-refractivity contribution in [2.24, 2.45) is 0 Å². The molecule has 0 aliphatic carbocycles. The van der Waals surface area contributed by atoms with E-state index < -0.39 is 26.6 Å². The summed E-state index contributed by atoms with van der Waals surface area (Å²) in [7, 11) is -0.496. The maximum absolute atomic E-state index is 13.9. The van der Waals surface area contributed by atoms with Gasteiger partial charge in [0.05, 0.1) is 0 Å². The molecule has 1 aliphatic rings. The Morgan fingerprint density at radius 2 is 1.95 bits per heavy atom. The Morgan fingerprint density at radius 3 is 2.55 bits per heavy atom. The predicted octanol–water partition coefficient (Wildman–Crippen LogP) is 2.02. The van der Waals surface area contributed by atoms with Gasteiger partial charge < -0.3 is 4.90 Å². The molecule has 0 N–H and O–H groups in total. The molecule has 0 radical (unpaired) electrons. The molecule has 8 heteroatoms. The van der Waals surface area contributed by atoms with Crippen molar-refractivity contribution in [2.45, 2.75) is 17.4 Å². The van der Waals surface area contributed by atoms with Crippen molar-refractivity contribution < 1.29 is 17.2 Å². The maximum Gasteiger partial charge on any atom is 0.249 e. The molecule has 1 heterocycles. The number of benzene rings is 1. The summed E-state index contributed by atoms with van der Waals surface area (Å²) in [5.41, 5.74) is 0. The number of rotatable bonds is 4. The van der Waals surface area contributed by atoms with Crippen molar-refractivity contribution in [1.82, 2.24) is 9.21 Å². The van der Waals surface area contributed by atoms with Crippen LogP contribution in [0.3, 0.4) is 0 Å². The Kier molecular flexibility index (Phi) is 5.81. The van der Waals surface area contributed by atoms with Gasteiger partial charge in [0.15, 0.2) is 4.90 Å². The summed E-state index contributed by atoms with van der Waals surface area (Å²) in [6, 6.07) is 2.82. The second-order valence-electron chi connectivity index (χ2n) is 5.51. The third-order valence-electron chi connectivity index (χ3n) is 3.45. The fourth-order valence-corrected chi connectivity index (χ4v) is 5.45. The van der Waals surface area contributed by atoms with Gasteiger partial charge in [0.25, 0.3) is 0 Å². The SMILES string of the molecule is CN(C)CC1CSCCCN1S(=O)(=O)c1c(F)cccc1F. The second kappa shape index (κ2) is 7.25. The molecular weight excluding hydrogens is 330 g/mol.